The number of sulfonamides is 1. The number of hydrogen-bond donors (Lipinski definition) is 3. The predicted molar refractivity (Wildman–Crippen MR) is 64.7 cm³/mol. The lowest BCUT2D eigenvalue weighted by Gasteiger charge is -2.08. The molecule has 0 radical (unpaired) electrons. The first-order valence-corrected chi connectivity index (χ1v) is 6.60. The topological polar surface area (TPSA) is 101 Å². The summed E-state index contributed by atoms with van der Waals surface area (Å²) in [5.74, 6) is -0.924. The molecule has 0 saturated carbocycles. The van der Waals surface area contributed by atoms with E-state index < -0.39 is 15.8 Å². The highest BCUT2D eigenvalue weighted by Crippen LogP contribution is 2.16. The van der Waals surface area contributed by atoms with Crippen LogP contribution in [0, 0.1) is 5.82 Å². The highest BCUT2D eigenvalue weighted by atomic mass is 32.2. The molecule has 0 unspecified atom stereocenters. The number of halogens is 1. The molecule has 0 heterocycles. The van der Waals surface area contributed by atoms with Crippen LogP contribution in [0.15, 0.2) is 23.1 Å². The molecule has 1 aromatic carbocycles. The average Bonchev–Trinajstić information content (AvgIpc) is 2.28. The molecule has 0 spiro atoms. The Balaban J connectivity index is 2.68. The number of nitrogens with two attached hydrogens (primary N) is 1. The highest BCUT2D eigenvalue weighted by Gasteiger charge is 2.14. The summed E-state index contributed by atoms with van der Waals surface area (Å²) in [6, 6.07) is 3.14. The molecule has 0 bridgehead atoms. The molecule has 0 aromatic heterocycles. The zero-order valence-electron chi connectivity index (χ0n) is 9.73. The number of benzene rings is 1. The van der Waals surface area contributed by atoms with Crippen LogP contribution in [0.5, 0.6) is 0 Å². The quantitative estimate of drug-likeness (QED) is 0.512. The van der Waals surface area contributed by atoms with E-state index in [0.29, 0.717) is 0 Å². The van der Waals surface area contributed by atoms with Gasteiger partial charge in [0.2, 0.25) is 15.9 Å². The van der Waals surface area contributed by atoms with Gasteiger partial charge in [0.15, 0.2) is 0 Å². The van der Waals surface area contributed by atoms with Gasteiger partial charge in [0.05, 0.1) is 10.6 Å². The van der Waals surface area contributed by atoms with Gasteiger partial charge >= 0.3 is 0 Å². The van der Waals surface area contributed by atoms with E-state index in [1.165, 1.54) is 6.92 Å². The van der Waals surface area contributed by atoms with Crippen molar-refractivity contribution in [2.45, 2.75) is 11.8 Å². The number of carbonyl (C=O) groups is 1. The molecule has 8 heteroatoms. The second-order valence-corrected chi connectivity index (χ2v) is 5.33. The van der Waals surface area contributed by atoms with Crippen LogP contribution in [-0.2, 0) is 14.8 Å². The van der Waals surface area contributed by atoms with E-state index >= 15 is 0 Å². The summed E-state index contributed by atoms with van der Waals surface area (Å²) >= 11 is 0. The summed E-state index contributed by atoms with van der Waals surface area (Å²) in [4.78, 5) is 10.5. The Morgan fingerprint density at radius 1 is 1.39 bits per heavy atom. The van der Waals surface area contributed by atoms with Crippen LogP contribution < -0.4 is 15.8 Å². The van der Waals surface area contributed by atoms with Crippen LogP contribution in [0.4, 0.5) is 10.1 Å². The predicted octanol–water partition coefficient (Wildman–Crippen LogP) is -0.178. The van der Waals surface area contributed by atoms with Gasteiger partial charge in [-0.1, -0.05) is 0 Å². The molecule has 0 atom stereocenters. The molecule has 100 valence electrons. The summed E-state index contributed by atoms with van der Waals surface area (Å²) in [6.45, 7) is 1.54. The summed E-state index contributed by atoms with van der Waals surface area (Å²) in [5, 5.41) is 2.44. The Labute approximate surface area is 104 Å². The SMILES string of the molecule is CC(=O)NCCNS(=O)(=O)c1ccc(F)c(N)c1. The minimum absolute atomic E-state index is 0.0409. The maximum absolute atomic E-state index is 12.9. The van der Waals surface area contributed by atoms with Crippen LogP contribution in [0.3, 0.4) is 0 Å². The van der Waals surface area contributed by atoms with E-state index in [9.17, 15) is 17.6 Å². The Hall–Kier alpha value is -1.67. The van der Waals surface area contributed by atoms with Crippen LogP contribution in [0.1, 0.15) is 6.92 Å². The van der Waals surface area contributed by atoms with Crippen molar-refractivity contribution in [3.05, 3.63) is 24.0 Å². The number of nitrogens with one attached hydrogen (secondary N) is 2. The van der Waals surface area contributed by atoms with Gasteiger partial charge in [-0.2, -0.15) is 0 Å². The minimum atomic E-state index is -3.75. The average molecular weight is 275 g/mol. The van der Waals surface area contributed by atoms with Gasteiger partial charge in [0, 0.05) is 20.0 Å². The number of amides is 1. The summed E-state index contributed by atoms with van der Waals surface area (Å²) in [5.41, 5.74) is 5.05. The van der Waals surface area contributed by atoms with Gasteiger partial charge in [-0.05, 0) is 18.2 Å². The van der Waals surface area contributed by atoms with Crippen molar-refractivity contribution in [1.29, 1.82) is 0 Å². The van der Waals surface area contributed by atoms with Gasteiger partial charge < -0.3 is 11.1 Å². The third-order valence-electron chi connectivity index (χ3n) is 2.07. The monoisotopic (exact) mass is 275 g/mol. The number of hydrogen-bond acceptors (Lipinski definition) is 4. The minimum Gasteiger partial charge on any atom is -0.396 e. The summed E-state index contributed by atoms with van der Waals surface area (Å²) in [6.07, 6.45) is 0. The zero-order chi connectivity index (χ0) is 13.8. The van der Waals surface area contributed by atoms with Gasteiger partial charge in [-0.15, -0.1) is 0 Å². The van der Waals surface area contributed by atoms with Crippen molar-refractivity contribution in [3.8, 4) is 0 Å². The van der Waals surface area contributed by atoms with Crippen LogP contribution >= 0.6 is 0 Å². The molecular weight excluding hydrogens is 261 g/mol. The molecule has 1 amide bonds. The number of rotatable bonds is 5. The molecule has 0 saturated heterocycles. The highest BCUT2D eigenvalue weighted by molar-refractivity contribution is 7.89. The normalized spacial score (nSPS) is 11.2. The maximum atomic E-state index is 12.9. The van der Waals surface area contributed by atoms with E-state index in [1.807, 2.05) is 0 Å². The Morgan fingerprint density at radius 2 is 2.06 bits per heavy atom. The Bertz CT molecular complexity index is 545. The fourth-order valence-electron chi connectivity index (χ4n) is 1.20. The smallest absolute Gasteiger partial charge is 0.240 e. The van der Waals surface area contributed by atoms with Crippen LogP contribution in [0.25, 0.3) is 0 Å². The van der Waals surface area contributed by atoms with E-state index in [1.54, 1.807) is 0 Å². The van der Waals surface area contributed by atoms with Crippen molar-refractivity contribution in [2.75, 3.05) is 18.8 Å². The first-order chi connectivity index (χ1) is 8.33. The number of carbonyl (C=O) groups excluding carboxylic acids is 1. The lowest BCUT2D eigenvalue weighted by atomic mass is 10.3. The van der Waals surface area contributed by atoms with Crippen molar-refractivity contribution >= 4 is 21.6 Å². The Morgan fingerprint density at radius 3 is 2.61 bits per heavy atom. The summed E-state index contributed by atoms with van der Waals surface area (Å²) < 4.78 is 38.6. The number of nitrogen functional groups attached to an aromatic ring is 1. The lowest BCUT2D eigenvalue weighted by molar-refractivity contribution is -0.118. The van der Waals surface area contributed by atoms with Gasteiger partial charge in [-0.3, -0.25) is 4.79 Å². The van der Waals surface area contributed by atoms with Crippen LogP contribution in [0.2, 0.25) is 0 Å². The summed E-state index contributed by atoms with van der Waals surface area (Å²) in [7, 11) is -3.75. The second-order valence-electron chi connectivity index (χ2n) is 3.56. The molecule has 6 nitrogen and oxygen atoms in total. The van der Waals surface area contributed by atoms with E-state index in [2.05, 4.69) is 10.0 Å². The number of anilines is 1. The van der Waals surface area contributed by atoms with Crippen molar-refractivity contribution in [2.24, 2.45) is 0 Å². The second kappa shape index (κ2) is 5.78. The van der Waals surface area contributed by atoms with Gasteiger partial charge in [0.1, 0.15) is 5.82 Å². The molecule has 0 aliphatic rings. The standard InChI is InChI=1S/C10H14FN3O3S/c1-7(15)13-4-5-14-18(16,17)8-2-3-9(11)10(12)6-8/h2-3,6,14H,4-5,12H2,1H3,(H,13,15). The fraction of sp³-hybridized carbons (Fsp3) is 0.300. The molecule has 0 aliphatic carbocycles. The molecule has 4 N–H and O–H groups in total. The largest absolute Gasteiger partial charge is 0.396 e. The fourth-order valence-corrected chi connectivity index (χ4v) is 2.26. The molecule has 0 aliphatic heterocycles. The van der Waals surface area contributed by atoms with E-state index in [-0.39, 0.29) is 29.6 Å². The molecule has 18 heavy (non-hydrogen) atoms. The molecule has 0 fully saturated rings. The third-order valence-corrected chi connectivity index (χ3v) is 3.53. The van der Waals surface area contributed by atoms with Crippen molar-refractivity contribution < 1.29 is 17.6 Å². The lowest BCUT2D eigenvalue weighted by Crippen LogP contribution is -2.33. The Kier molecular flexibility index (Phi) is 4.62. The van der Waals surface area contributed by atoms with Gasteiger partial charge in [-0.25, -0.2) is 17.5 Å². The molecule has 1 aromatic rings. The third kappa shape index (κ3) is 3.97. The first-order valence-electron chi connectivity index (χ1n) is 5.12. The van der Waals surface area contributed by atoms with E-state index in [0.717, 1.165) is 18.2 Å². The molecular formula is C10H14FN3O3S. The van der Waals surface area contributed by atoms with Crippen LogP contribution in [-0.4, -0.2) is 27.4 Å². The van der Waals surface area contributed by atoms with Crippen molar-refractivity contribution in [1.82, 2.24) is 10.0 Å². The van der Waals surface area contributed by atoms with Gasteiger partial charge in [0.25, 0.3) is 0 Å². The molecule has 1 rings (SSSR count). The zero-order valence-corrected chi connectivity index (χ0v) is 10.6. The van der Waals surface area contributed by atoms with E-state index in [4.69, 9.17) is 5.73 Å². The van der Waals surface area contributed by atoms with Crippen molar-refractivity contribution in [3.63, 3.8) is 0 Å². The maximum Gasteiger partial charge on any atom is 0.240 e. The first kappa shape index (κ1) is 14.4.